The van der Waals surface area contributed by atoms with E-state index in [2.05, 4.69) is 27.8 Å². The topological polar surface area (TPSA) is 30.5 Å². The maximum Gasteiger partial charge on any atom is 0.138 e. The molecule has 1 N–H and O–H groups in total. The Balaban J connectivity index is 2.48. The minimum absolute atomic E-state index is 0.408. The zero-order valence-corrected chi connectivity index (χ0v) is 12.7. The summed E-state index contributed by atoms with van der Waals surface area (Å²) >= 11 is 9.37. The van der Waals surface area contributed by atoms with E-state index in [1.54, 1.807) is 7.11 Å². The largest absolute Gasteiger partial charge is 0.487 e. The maximum atomic E-state index is 6.13. The Kier molecular flexibility index (Phi) is 7.35. The molecule has 0 fully saturated rings. The van der Waals surface area contributed by atoms with Crippen molar-refractivity contribution < 1.29 is 9.47 Å². The molecule has 0 aliphatic rings. The van der Waals surface area contributed by atoms with E-state index in [-0.39, 0.29) is 0 Å². The van der Waals surface area contributed by atoms with E-state index in [1.807, 2.05) is 18.2 Å². The van der Waals surface area contributed by atoms with Gasteiger partial charge in [0.1, 0.15) is 12.4 Å². The highest BCUT2D eigenvalue weighted by molar-refractivity contribution is 9.11. The molecule has 0 radical (unpaired) electrons. The summed E-state index contributed by atoms with van der Waals surface area (Å²) in [5.74, 6) is 0.665. The first-order valence-electron chi connectivity index (χ1n) is 5.57. The molecule has 18 heavy (non-hydrogen) atoms. The highest BCUT2D eigenvalue weighted by atomic mass is 79.9. The number of ether oxygens (including phenoxy) is 2. The second kappa shape index (κ2) is 8.53. The molecular formula is C13H17BrClNO2. The number of hydrogen-bond acceptors (Lipinski definition) is 3. The van der Waals surface area contributed by atoms with Crippen molar-refractivity contribution in [2.75, 3.05) is 26.9 Å². The maximum absolute atomic E-state index is 6.13. The summed E-state index contributed by atoms with van der Waals surface area (Å²) in [6, 6.07) is 5.75. The van der Waals surface area contributed by atoms with Gasteiger partial charge in [-0.15, -0.1) is 0 Å². The Bertz CT molecular complexity index is 399. The number of rotatable bonds is 8. The molecule has 0 saturated heterocycles. The molecule has 0 aromatic heterocycles. The Labute approximate surface area is 121 Å². The van der Waals surface area contributed by atoms with Crippen LogP contribution in [0.4, 0.5) is 0 Å². The van der Waals surface area contributed by atoms with Gasteiger partial charge in [0.2, 0.25) is 0 Å². The molecule has 0 bridgehead atoms. The smallest absolute Gasteiger partial charge is 0.138 e. The molecule has 0 aliphatic carbocycles. The molecule has 3 nitrogen and oxygen atoms in total. The predicted molar refractivity (Wildman–Crippen MR) is 78.6 cm³/mol. The fourth-order valence-corrected chi connectivity index (χ4v) is 1.71. The van der Waals surface area contributed by atoms with Crippen molar-refractivity contribution in [2.24, 2.45) is 0 Å². The fraction of sp³-hybridized carbons (Fsp3) is 0.385. The monoisotopic (exact) mass is 333 g/mol. The van der Waals surface area contributed by atoms with Gasteiger partial charge in [0.15, 0.2) is 0 Å². The molecule has 0 unspecified atom stereocenters. The van der Waals surface area contributed by atoms with Crippen LogP contribution in [0.2, 0.25) is 5.02 Å². The van der Waals surface area contributed by atoms with E-state index in [0.29, 0.717) is 24.0 Å². The molecular weight excluding hydrogens is 318 g/mol. The molecule has 0 saturated carbocycles. The van der Waals surface area contributed by atoms with E-state index in [1.165, 1.54) is 0 Å². The van der Waals surface area contributed by atoms with Crippen molar-refractivity contribution in [1.29, 1.82) is 0 Å². The minimum Gasteiger partial charge on any atom is -0.487 e. The van der Waals surface area contributed by atoms with Gasteiger partial charge in [-0.1, -0.05) is 40.2 Å². The van der Waals surface area contributed by atoms with Gasteiger partial charge in [-0.2, -0.15) is 0 Å². The van der Waals surface area contributed by atoms with Gasteiger partial charge >= 0.3 is 0 Å². The predicted octanol–water partition coefficient (Wildman–Crippen LogP) is 3.36. The van der Waals surface area contributed by atoms with Crippen molar-refractivity contribution in [3.05, 3.63) is 39.8 Å². The lowest BCUT2D eigenvalue weighted by molar-refractivity contribution is 0.199. The van der Waals surface area contributed by atoms with E-state index in [4.69, 9.17) is 21.1 Å². The Morgan fingerprint density at radius 3 is 2.89 bits per heavy atom. The molecule has 100 valence electrons. The second-order valence-corrected chi connectivity index (χ2v) is 5.27. The Hall–Kier alpha value is -0.550. The normalized spacial score (nSPS) is 10.4. The van der Waals surface area contributed by atoms with Crippen LogP contribution in [0.1, 0.15) is 5.56 Å². The first-order chi connectivity index (χ1) is 8.63. The quantitative estimate of drug-likeness (QED) is 0.740. The molecule has 1 rings (SSSR count). The number of hydrogen-bond donors (Lipinski definition) is 1. The van der Waals surface area contributed by atoms with Crippen LogP contribution in [0.3, 0.4) is 0 Å². The fourth-order valence-electron chi connectivity index (χ4n) is 1.33. The lowest BCUT2D eigenvalue weighted by atomic mass is 10.2. The second-order valence-electron chi connectivity index (χ2n) is 3.74. The standard InChI is InChI=1S/C13H17BrClNO2/c1-10(14)9-18-13-4-3-11(7-12(13)15)8-16-5-6-17-2/h3-4,7,16H,1,5-6,8-9H2,2H3. The van der Waals surface area contributed by atoms with E-state index in [9.17, 15) is 0 Å². The van der Waals surface area contributed by atoms with Gasteiger partial charge in [-0.3, -0.25) is 0 Å². The third-order valence-corrected chi connectivity index (χ3v) is 2.72. The highest BCUT2D eigenvalue weighted by Gasteiger charge is 2.03. The minimum atomic E-state index is 0.408. The summed E-state index contributed by atoms with van der Waals surface area (Å²) in [5, 5.41) is 3.86. The summed E-state index contributed by atoms with van der Waals surface area (Å²) in [4.78, 5) is 0. The van der Waals surface area contributed by atoms with Crippen molar-refractivity contribution in [1.82, 2.24) is 5.32 Å². The van der Waals surface area contributed by atoms with Crippen molar-refractivity contribution >= 4 is 27.5 Å². The number of benzene rings is 1. The van der Waals surface area contributed by atoms with Crippen molar-refractivity contribution in [3.63, 3.8) is 0 Å². The van der Waals surface area contributed by atoms with Gasteiger partial charge in [-0.25, -0.2) is 0 Å². The van der Waals surface area contributed by atoms with Crippen LogP contribution in [0.25, 0.3) is 0 Å². The molecule has 0 heterocycles. The van der Waals surface area contributed by atoms with Gasteiger partial charge in [-0.05, 0) is 17.7 Å². The number of nitrogens with one attached hydrogen (secondary N) is 1. The molecule has 1 aromatic rings. The van der Waals surface area contributed by atoms with E-state index >= 15 is 0 Å². The van der Waals surface area contributed by atoms with E-state index in [0.717, 1.165) is 23.1 Å². The summed E-state index contributed by atoms with van der Waals surface area (Å²) in [5.41, 5.74) is 1.11. The summed E-state index contributed by atoms with van der Waals surface area (Å²) in [6.07, 6.45) is 0. The summed E-state index contributed by atoms with van der Waals surface area (Å²) in [6.45, 7) is 6.38. The van der Waals surface area contributed by atoms with Gasteiger partial charge < -0.3 is 14.8 Å². The van der Waals surface area contributed by atoms with Gasteiger partial charge in [0, 0.05) is 24.7 Å². The van der Waals surface area contributed by atoms with Crippen LogP contribution in [0, 0.1) is 0 Å². The zero-order valence-electron chi connectivity index (χ0n) is 10.3. The highest BCUT2D eigenvalue weighted by Crippen LogP contribution is 2.26. The first kappa shape index (κ1) is 15.5. The first-order valence-corrected chi connectivity index (χ1v) is 6.74. The zero-order chi connectivity index (χ0) is 13.4. The summed E-state index contributed by atoms with van der Waals surface area (Å²) < 4.78 is 11.2. The van der Waals surface area contributed by atoms with Crippen LogP contribution in [-0.2, 0) is 11.3 Å². The summed E-state index contributed by atoms with van der Waals surface area (Å²) in [7, 11) is 1.68. The van der Waals surface area contributed by atoms with E-state index < -0.39 is 0 Å². The lowest BCUT2D eigenvalue weighted by Crippen LogP contribution is -2.18. The van der Waals surface area contributed by atoms with Gasteiger partial charge in [0.05, 0.1) is 11.6 Å². The van der Waals surface area contributed by atoms with Crippen molar-refractivity contribution in [3.8, 4) is 5.75 Å². The average molecular weight is 335 g/mol. The average Bonchev–Trinajstić information content (AvgIpc) is 2.33. The molecule has 5 heteroatoms. The SMILES string of the molecule is C=C(Br)COc1ccc(CNCCOC)cc1Cl. The molecule has 0 amide bonds. The number of halogens is 2. The van der Waals surface area contributed by atoms with Gasteiger partial charge in [0.25, 0.3) is 0 Å². The Morgan fingerprint density at radius 2 is 2.28 bits per heavy atom. The third-order valence-electron chi connectivity index (χ3n) is 2.19. The third kappa shape index (κ3) is 5.87. The van der Waals surface area contributed by atoms with Crippen LogP contribution >= 0.6 is 27.5 Å². The lowest BCUT2D eigenvalue weighted by Gasteiger charge is -2.09. The van der Waals surface area contributed by atoms with Crippen molar-refractivity contribution in [2.45, 2.75) is 6.54 Å². The van der Waals surface area contributed by atoms with Crippen LogP contribution < -0.4 is 10.1 Å². The Morgan fingerprint density at radius 1 is 1.50 bits per heavy atom. The molecule has 0 spiro atoms. The molecule has 0 atom stereocenters. The molecule has 0 aliphatic heterocycles. The molecule has 1 aromatic carbocycles. The van der Waals surface area contributed by atoms with Crippen LogP contribution in [-0.4, -0.2) is 26.9 Å². The van der Waals surface area contributed by atoms with Crippen LogP contribution in [0.15, 0.2) is 29.3 Å². The van der Waals surface area contributed by atoms with Crippen LogP contribution in [0.5, 0.6) is 5.75 Å². The number of methoxy groups -OCH3 is 1.